The van der Waals surface area contributed by atoms with Crippen molar-refractivity contribution in [3.8, 4) is 0 Å². The molecule has 0 radical (unpaired) electrons. The van der Waals surface area contributed by atoms with Crippen molar-refractivity contribution in [2.45, 2.75) is 19.6 Å². The molecule has 2 aromatic carbocycles. The van der Waals surface area contributed by atoms with Gasteiger partial charge in [-0.25, -0.2) is 9.59 Å². The summed E-state index contributed by atoms with van der Waals surface area (Å²) in [5.41, 5.74) is 2.69. The van der Waals surface area contributed by atoms with E-state index in [0.717, 1.165) is 16.5 Å². The zero-order chi connectivity index (χ0) is 18.5. The van der Waals surface area contributed by atoms with Crippen LogP contribution < -0.4 is 5.32 Å². The SMILES string of the molecule is COC(=O)c1c([C@@H](C)NC(=O)OCc2ccccc2)[nH]c2ccccc12. The molecule has 1 aromatic heterocycles. The van der Waals surface area contributed by atoms with Crippen LogP contribution in [0, 0.1) is 0 Å². The van der Waals surface area contributed by atoms with Crippen LogP contribution in [0.15, 0.2) is 54.6 Å². The molecule has 0 aliphatic carbocycles. The number of H-pyrrole nitrogens is 1. The molecule has 6 nitrogen and oxygen atoms in total. The molecule has 6 heteroatoms. The number of esters is 1. The van der Waals surface area contributed by atoms with Gasteiger partial charge in [-0.3, -0.25) is 0 Å². The van der Waals surface area contributed by atoms with Gasteiger partial charge in [0, 0.05) is 10.9 Å². The summed E-state index contributed by atoms with van der Waals surface area (Å²) in [4.78, 5) is 27.5. The lowest BCUT2D eigenvalue weighted by Crippen LogP contribution is -2.28. The van der Waals surface area contributed by atoms with Crippen molar-refractivity contribution in [2.24, 2.45) is 0 Å². The Morgan fingerprint density at radius 2 is 1.77 bits per heavy atom. The maximum atomic E-state index is 12.2. The number of carbonyl (C=O) groups excluding carboxylic acids is 2. The summed E-state index contributed by atoms with van der Waals surface area (Å²) < 4.78 is 10.1. The summed E-state index contributed by atoms with van der Waals surface area (Å²) in [6.07, 6.45) is -0.559. The van der Waals surface area contributed by atoms with Crippen molar-refractivity contribution in [1.82, 2.24) is 10.3 Å². The third-order valence-electron chi connectivity index (χ3n) is 4.10. The molecule has 1 atom stereocenters. The van der Waals surface area contributed by atoms with E-state index >= 15 is 0 Å². The Labute approximate surface area is 151 Å². The first-order chi connectivity index (χ1) is 12.6. The molecule has 0 saturated heterocycles. The summed E-state index contributed by atoms with van der Waals surface area (Å²) in [5.74, 6) is -0.455. The minimum absolute atomic E-state index is 0.177. The number of alkyl carbamates (subject to hydrolysis) is 1. The highest BCUT2D eigenvalue weighted by Gasteiger charge is 2.24. The Morgan fingerprint density at radius 3 is 2.50 bits per heavy atom. The lowest BCUT2D eigenvalue weighted by atomic mass is 10.1. The van der Waals surface area contributed by atoms with E-state index in [1.54, 1.807) is 6.92 Å². The minimum Gasteiger partial charge on any atom is -0.465 e. The third kappa shape index (κ3) is 3.69. The van der Waals surface area contributed by atoms with E-state index in [1.807, 2.05) is 54.6 Å². The molecule has 1 amide bonds. The minimum atomic E-state index is -0.559. The van der Waals surface area contributed by atoms with E-state index in [1.165, 1.54) is 7.11 Å². The van der Waals surface area contributed by atoms with Crippen LogP contribution in [0.5, 0.6) is 0 Å². The van der Waals surface area contributed by atoms with Gasteiger partial charge in [-0.15, -0.1) is 0 Å². The maximum absolute atomic E-state index is 12.2. The number of fused-ring (bicyclic) bond motifs is 1. The number of benzene rings is 2. The van der Waals surface area contributed by atoms with Crippen molar-refractivity contribution in [1.29, 1.82) is 0 Å². The number of aromatic amines is 1. The maximum Gasteiger partial charge on any atom is 0.407 e. The van der Waals surface area contributed by atoms with Gasteiger partial charge in [0.1, 0.15) is 6.61 Å². The first-order valence-electron chi connectivity index (χ1n) is 8.26. The number of ether oxygens (including phenoxy) is 2. The Bertz CT molecular complexity index is 918. The van der Waals surface area contributed by atoms with Crippen LogP contribution in [0.4, 0.5) is 4.79 Å². The van der Waals surface area contributed by atoms with Crippen molar-refractivity contribution >= 4 is 23.0 Å². The third-order valence-corrected chi connectivity index (χ3v) is 4.10. The molecule has 0 spiro atoms. The van der Waals surface area contributed by atoms with Gasteiger partial charge in [0.25, 0.3) is 0 Å². The lowest BCUT2D eigenvalue weighted by molar-refractivity contribution is 0.0600. The highest BCUT2D eigenvalue weighted by molar-refractivity contribution is 6.05. The van der Waals surface area contributed by atoms with Crippen LogP contribution in [0.1, 0.15) is 34.6 Å². The fraction of sp³-hybridized carbons (Fsp3) is 0.200. The summed E-state index contributed by atoms with van der Waals surface area (Å²) >= 11 is 0. The molecule has 0 fully saturated rings. The second-order valence-electron chi connectivity index (χ2n) is 5.88. The summed E-state index contributed by atoms with van der Waals surface area (Å²) in [6.45, 7) is 1.96. The first-order valence-corrected chi connectivity index (χ1v) is 8.26. The Morgan fingerprint density at radius 1 is 1.08 bits per heavy atom. The van der Waals surface area contributed by atoms with Crippen LogP contribution in [-0.4, -0.2) is 24.2 Å². The Hall–Kier alpha value is -3.28. The smallest absolute Gasteiger partial charge is 0.407 e. The first kappa shape index (κ1) is 17.5. The molecular formula is C20H20N2O4. The van der Waals surface area contributed by atoms with E-state index in [2.05, 4.69) is 10.3 Å². The normalized spacial score (nSPS) is 11.8. The van der Waals surface area contributed by atoms with E-state index in [-0.39, 0.29) is 6.61 Å². The standard InChI is InChI=1S/C20H20N2O4/c1-13(21-20(24)26-12-14-8-4-3-5-9-14)18-17(19(23)25-2)15-10-6-7-11-16(15)22-18/h3-11,13,22H,12H2,1-2H3,(H,21,24)/t13-/m1/s1. The largest absolute Gasteiger partial charge is 0.465 e. The van der Waals surface area contributed by atoms with E-state index < -0.39 is 18.1 Å². The van der Waals surface area contributed by atoms with Crippen molar-refractivity contribution in [3.63, 3.8) is 0 Å². The Balaban J connectivity index is 1.75. The Kier molecular flexibility index (Phi) is 5.22. The number of carbonyl (C=O) groups is 2. The molecule has 0 bridgehead atoms. The zero-order valence-electron chi connectivity index (χ0n) is 14.6. The summed E-state index contributed by atoms with van der Waals surface area (Å²) in [7, 11) is 1.33. The molecule has 3 aromatic rings. The predicted octanol–water partition coefficient (Wildman–Crippen LogP) is 3.94. The average molecular weight is 352 g/mol. The zero-order valence-corrected chi connectivity index (χ0v) is 14.6. The number of hydrogen-bond acceptors (Lipinski definition) is 4. The molecule has 2 N–H and O–H groups in total. The van der Waals surface area contributed by atoms with Crippen LogP contribution in [0.3, 0.4) is 0 Å². The topological polar surface area (TPSA) is 80.4 Å². The van der Waals surface area contributed by atoms with Gasteiger partial charge in [-0.2, -0.15) is 0 Å². The number of hydrogen-bond donors (Lipinski definition) is 2. The van der Waals surface area contributed by atoms with Crippen LogP contribution in [0.25, 0.3) is 10.9 Å². The summed E-state index contributed by atoms with van der Waals surface area (Å²) in [5, 5.41) is 3.50. The van der Waals surface area contributed by atoms with Gasteiger partial charge in [0.05, 0.1) is 24.4 Å². The molecular weight excluding hydrogens is 332 g/mol. The fourth-order valence-corrected chi connectivity index (χ4v) is 2.82. The summed E-state index contributed by atoms with van der Waals surface area (Å²) in [6, 6.07) is 16.4. The number of methoxy groups -OCH3 is 1. The number of amides is 1. The van der Waals surface area contributed by atoms with Crippen molar-refractivity contribution < 1.29 is 19.1 Å². The predicted molar refractivity (Wildman–Crippen MR) is 97.8 cm³/mol. The van der Waals surface area contributed by atoms with E-state index in [0.29, 0.717) is 11.3 Å². The van der Waals surface area contributed by atoms with Crippen molar-refractivity contribution in [2.75, 3.05) is 7.11 Å². The number of aromatic nitrogens is 1. The van der Waals surface area contributed by atoms with E-state index in [9.17, 15) is 9.59 Å². The molecule has 0 aliphatic heterocycles. The van der Waals surface area contributed by atoms with Crippen molar-refractivity contribution in [3.05, 3.63) is 71.4 Å². The number of rotatable bonds is 5. The highest BCUT2D eigenvalue weighted by Crippen LogP contribution is 2.27. The van der Waals surface area contributed by atoms with Crippen LogP contribution in [-0.2, 0) is 16.1 Å². The molecule has 3 rings (SSSR count). The average Bonchev–Trinajstić information content (AvgIpc) is 3.06. The monoisotopic (exact) mass is 352 g/mol. The molecule has 1 heterocycles. The van der Waals surface area contributed by atoms with Gasteiger partial charge >= 0.3 is 12.1 Å². The number of para-hydroxylation sites is 1. The fourth-order valence-electron chi connectivity index (χ4n) is 2.82. The quantitative estimate of drug-likeness (QED) is 0.682. The van der Waals surface area contributed by atoms with Gasteiger partial charge in [0.2, 0.25) is 0 Å². The van der Waals surface area contributed by atoms with Crippen LogP contribution in [0.2, 0.25) is 0 Å². The second-order valence-corrected chi connectivity index (χ2v) is 5.88. The van der Waals surface area contributed by atoms with Gasteiger partial charge < -0.3 is 19.8 Å². The molecule has 134 valence electrons. The molecule has 26 heavy (non-hydrogen) atoms. The number of nitrogens with one attached hydrogen (secondary N) is 2. The second kappa shape index (κ2) is 7.74. The molecule has 0 aliphatic rings. The van der Waals surface area contributed by atoms with E-state index in [4.69, 9.17) is 9.47 Å². The molecule has 0 unspecified atom stereocenters. The van der Waals surface area contributed by atoms with Crippen LogP contribution >= 0.6 is 0 Å². The lowest BCUT2D eigenvalue weighted by Gasteiger charge is -2.14. The highest BCUT2D eigenvalue weighted by atomic mass is 16.5. The van der Waals surface area contributed by atoms with Gasteiger partial charge in [-0.05, 0) is 18.6 Å². The van der Waals surface area contributed by atoms with Gasteiger partial charge in [-0.1, -0.05) is 48.5 Å². The molecule has 0 saturated carbocycles. The van der Waals surface area contributed by atoms with Gasteiger partial charge in [0.15, 0.2) is 0 Å².